The minimum absolute atomic E-state index is 0.0466. The van der Waals surface area contributed by atoms with Gasteiger partial charge in [-0.05, 0) is 31.9 Å². The number of nitrogens with zero attached hydrogens (tertiary/aromatic N) is 8. The van der Waals surface area contributed by atoms with Gasteiger partial charge in [-0.25, -0.2) is 9.67 Å². The molecule has 4 heterocycles. The van der Waals surface area contributed by atoms with Crippen molar-refractivity contribution in [3.8, 4) is 0 Å². The lowest BCUT2D eigenvalue weighted by Crippen LogP contribution is -2.38. The van der Waals surface area contributed by atoms with E-state index in [4.69, 9.17) is 0 Å². The molecule has 27 heavy (non-hydrogen) atoms. The Balaban J connectivity index is 1.44. The highest BCUT2D eigenvalue weighted by Crippen LogP contribution is 2.28. The maximum absolute atomic E-state index is 12.6. The van der Waals surface area contributed by atoms with Gasteiger partial charge in [0.05, 0.1) is 5.56 Å². The van der Waals surface area contributed by atoms with Crippen LogP contribution in [0, 0.1) is 0 Å². The van der Waals surface area contributed by atoms with Gasteiger partial charge in [0.1, 0.15) is 25.0 Å². The predicted octanol–water partition coefficient (Wildman–Crippen LogP) is 1.35. The van der Waals surface area contributed by atoms with Crippen molar-refractivity contribution >= 4 is 5.91 Å². The summed E-state index contributed by atoms with van der Waals surface area (Å²) in [5.74, 6) is 2.23. The number of hydrogen-bond donors (Lipinski definition) is 0. The molecule has 1 aliphatic heterocycles. The molecular formula is C18H22N8O. The van der Waals surface area contributed by atoms with Crippen LogP contribution in [-0.2, 0) is 13.1 Å². The van der Waals surface area contributed by atoms with E-state index in [1.807, 2.05) is 11.0 Å². The second kappa shape index (κ2) is 7.65. The van der Waals surface area contributed by atoms with Crippen molar-refractivity contribution in [2.45, 2.75) is 38.8 Å². The summed E-state index contributed by atoms with van der Waals surface area (Å²) in [6, 6.07) is 3.60. The van der Waals surface area contributed by atoms with Crippen molar-refractivity contribution < 1.29 is 4.79 Å². The van der Waals surface area contributed by atoms with Gasteiger partial charge in [-0.1, -0.05) is 0 Å². The number of carbonyl (C=O) groups is 1. The first-order chi connectivity index (χ1) is 13.3. The van der Waals surface area contributed by atoms with Crippen LogP contribution in [-0.4, -0.2) is 58.4 Å². The minimum atomic E-state index is 0.0466. The van der Waals surface area contributed by atoms with Crippen molar-refractivity contribution in [2.24, 2.45) is 0 Å². The number of piperidine rings is 1. The van der Waals surface area contributed by atoms with Crippen LogP contribution in [0.3, 0.4) is 0 Å². The lowest BCUT2D eigenvalue weighted by atomic mass is 9.95. The zero-order valence-corrected chi connectivity index (χ0v) is 15.3. The Morgan fingerprint density at radius 1 is 1.22 bits per heavy atom. The second-order valence-corrected chi connectivity index (χ2v) is 6.62. The van der Waals surface area contributed by atoms with Crippen LogP contribution in [0.5, 0.6) is 0 Å². The van der Waals surface area contributed by atoms with Crippen LogP contribution in [0.25, 0.3) is 0 Å². The van der Waals surface area contributed by atoms with E-state index in [1.54, 1.807) is 29.5 Å². The Bertz CT molecular complexity index is 881. The third-order valence-electron chi connectivity index (χ3n) is 5.00. The molecule has 9 nitrogen and oxygen atoms in total. The Morgan fingerprint density at radius 3 is 2.74 bits per heavy atom. The molecule has 0 spiro atoms. The van der Waals surface area contributed by atoms with Crippen molar-refractivity contribution in [3.05, 3.63) is 54.4 Å². The fraction of sp³-hybridized carbons (Fsp3) is 0.444. The van der Waals surface area contributed by atoms with E-state index in [1.165, 1.54) is 6.33 Å². The average Bonchev–Trinajstić information content (AvgIpc) is 3.38. The molecule has 0 aliphatic carbocycles. The number of carbonyl (C=O) groups excluding carboxylic acids is 1. The number of hydrogen-bond acceptors (Lipinski definition) is 6. The van der Waals surface area contributed by atoms with Crippen LogP contribution in [0.2, 0.25) is 0 Å². The number of rotatable bonds is 5. The van der Waals surface area contributed by atoms with Gasteiger partial charge in [0.25, 0.3) is 5.91 Å². The zero-order valence-electron chi connectivity index (χ0n) is 15.3. The molecule has 3 aromatic rings. The summed E-state index contributed by atoms with van der Waals surface area (Å²) in [4.78, 5) is 22.5. The normalized spacial score (nSPS) is 15.2. The Kier molecular flexibility index (Phi) is 4.91. The monoisotopic (exact) mass is 366 g/mol. The van der Waals surface area contributed by atoms with Gasteiger partial charge in [-0.2, -0.15) is 5.10 Å². The molecule has 140 valence electrons. The molecule has 1 saturated heterocycles. The number of aromatic nitrogens is 7. The summed E-state index contributed by atoms with van der Waals surface area (Å²) in [7, 11) is 0. The van der Waals surface area contributed by atoms with Crippen molar-refractivity contribution in [1.29, 1.82) is 0 Å². The summed E-state index contributed by atoms with van der Waals surface area (Å²) in [6.07, 6.45) is 8.26. The average molecular weight is 366 g/mol. The maximum atomic E-state index is 12.6. The van der Waals surface area contributed by atoms with Crippen molar-refractivity contribution in [1.82, 2.24) is 39.4 Å². The number of likely N-dealkylation sites (tertiary alicyclic amines) is 1. The van der Waals surface area contributed by atoms with E-state index in [9.17, 15) is 4.79 Å². The first kappa shape index (κ1) is 17.3. The lowest BCUT2D eigenvalue weighted by molar-refractivity contribution is 0.0709. The standard InChI is InChI=1S/C18H22N8O/c1-2-26-16(11-25-13-20-12-21-25)22-23-17(26)14-5-8-24(9-6-14)18(27)15-4-3-7-19-10-15/h3-4,7,10,12-14H,2,5-6,8-9,11H2,1H3. The van der Waals surface area contributed by atoms with Gasteiger partial charge in [0.2, 0.25) is 0 Å². The van der Waals surface area contributed by atoms with Crippen LogP contribution in [0.1, 0.15) is 47.7 Å². The maximum Gasteiger partial charge on any atom is 0.255 e. The molecule has 4 rings (SSSR count). The fourth-order valence-electron chi connectivity index (χ4n) is 3.58. The summed E-state index contributed by atoms with van der Waals surface area (Å²) in [5, 5.41) is 13.0. The third-order valence-corrected chi connectivity index (χ3v) is 5.00. The quantitative estimate of drug-likeness (QED) is 0.676. The van der Waals surface area contributed by atoms with E-state index >= 15 is 0 Å². The predicted molar refractivity (Wildman–Crippen MR) is 96.9 cm³/mol. The molecule has 0 bridgehead atoms. The molecule has 0 atom stereocenters. The molecule has 0 saturated carbocycles. The topological polar surface area (TPSA) is 94.6 Å². The van der Waals surface area contributed by atoms with Gasteiger partial charge < -0.3 is 9.47 Å². The number of amides is 1. The Hall–Kier alpha value is -3.10. The van der Waals surface area contributed by atoms with E-state index in [0.717, 1.165) is 31.0 Å². The largest absolute Gasteiger partial charge is 0.339 e. The molecule has 0 radical (unpaired) electrons. The highest BCUT2D eigenvalue weighted by Gasteiger charge is 2.28. The Labute approximate surface area is 157 Å². The van der Waals surface area contributed by atoms with Gasteiger partial charge in [0.15, 0.2) is 5.82 Å². The van der Waals surface area contributed by atoms with Crippen LogP contribution in [0.15, 0.2) is 37.2 Å². The molecule has 0 unspecified atom stereocenters. The molecule has 0 aromatic carbocycles. The first-order valence-electron chi connectivity index (χ1n) is 9.20. The highest BCUT2D eigenvalue weighted by molar-refractivity contribution is 5.93. The molecule has 3 aromatic heterocycles. The lowest BCUT2D eigenvalue weighted by Gasteiger charge is -2.31. The molecule has 1 amide bonds. The van der Waals surface area contributed by atoms with Crippen LogP contribution < -0.4 is 0 Å². The van der Waals surface area contributed by atoms with Gasteiger partial charge in [0, 0.05) is 37.9 Å². The smallest absolute Gasteiger partial charge is 0.255 e. The highest BCUT2D eigenvalue weighted by atomic mass is 16.2. The van der Waals surface area contributed by atoms with E-state index in [2.05, 4.69) is 36.8 Å². The fourth-order valence-corrected chi connectivity index (χ4v) is 3.58. The minimum Gasteiger partial charge on any atom is -0.339 e. The molecule has 0 N–H and O–H groups in total. The molecule has 9 heteroatoms. The van der Waals surface area contributed by atoms with Crippen LogP contribution >= 0.6 is 0 Å². The van der Waals surface area contributed by atoms with Crippen molar-refractivity contribution in [3.63, 3.8) is 0 Å². The first-order valence-corrected chi connectivity index (χ1v) is 9.20. The Morgan fingerprint density at radius 2 is 2.07 bits per heavy atom. The summed E-state index contributed by atoms with van der Waals surface area (Å²) >= 11 is 0. The number of pyridine rings is 1. The zero-order chi connectivity index (χ0) is 18.6. The van der Waals surface area contributed by atoms with E-state index in [-0.39, 0.29) is 5.91 Å². The van der Waals surface area contributed by atoms with E-state index in [0.29, 0.717) is 31.1 Å². The molecule has 1 aliphatic rings. The van der Waals surface area contributed by atoms with Crippen LogP contribution in [0.4, 0.5) is 0 Å². The summed E-state index contributed by atoms with van der Waals surface area (Å²) in [5.41, 5.74) is 0.641. The van der Waals surface area contributed by atoms with Gasteiger partial charge in [-0.3, -0.25) is 9.78 Å². The third kappa shape index (κ3) is 3.57. The second-order valence-electron chi connectivity index (χ2n) is 6.62. The molecular weight excluding hydrogens is 344 g/mol. The van der Waals surface area contributed by atoms with Gasteiger partial charge >= 0.3 is 0 Å². The van der Waals surface area contributed by atoms with E-state index < -0.39 is 0 Å². The summed E-state index contributed by atoms with van der Waals surface area (Å²) in [6.45, 7) is 4.89. The summed E-state index contributed by atoms with van der Waals surface area (Å²) < 4.78 is 3.90. The van der Waals surface area contributed by atoms with Gasteiger partial charge in [-0.15, -0.1) is 10.2 Å². The molecule has 1 fully saturated rings. The van der Waals surface area contributed by atoms with Crippen molar-refractivity contribution in [2.75, 3.05) is 13.1 Å². The SMILES string of the molecule is CCn1c(Cn2cncn2)nnc1C1CCN(C(=O)c2cccnc2)CC1.